The van der Waals surface area contributed by atoms with Crippen LogP contribution in [0.2, 0.25) is 0 Å². The fourth-order valence-corrected chi connectivity index (χ4v) is 6.04. The highest BCUT2D eigenvalue weighted by Gasteiger charge is 2.37. The summed E-state index contributed by atoms with van der Waals surface area (Å²) < 4.78 is 0. The number of thiazole rings is 2. The Hall–Kier alpha value is -2.36. The first-order valence-electron chi connectivity index (χ1n) is 10.2. The molecule has 2 saturated heterocycles. The van der Waals surface area contributed by atoms with Gasteiger partial charge >= 0.3 is 0 Å². The Morgan fingerprint density at radius 2 is 2.00 bits per heavy atom. The maximum absolute atomic E-state index is 13.1. The van der Waals surface area contributed by atoms with Crippen LogP contribution in [0.25, 0.3) is 10.6 Å². The van der Waals surface area contributed by atoms with E-state index in [0.29, 0.717) is 23.5 Å². The number of nitrogens with one attached hydrogen (secondary N) is 2. The smallest absolute Gasteiger partial charge is 0.256 e. The minimum atomic E-state index is 0.0952. The van der Waals surface area contributed by atoms with Crippen LogP contribution in [0.3, 0.4) is 0 Å². The maximum Gasteiger partial charge on any atom is 0.256 e. The van der Waals surface area contributed by atoms with Crippen LogP contribution >= 0.6 is 22.7 Å². The Bertz CT molecular complexity index is 1040. The van der Waals surface area contributed by atoms with Gasteiger partial charge in [-0.2, -0.15) is 0 Å². The van der Waals surface area contributed by atoms with Crippen LogP contribution in [0.4, 0.5) is 10.9 Å². The van der Waals surface area contributed by atoms with Crippen LogP contribution in [0.1, 0.15) is 40.3 Å². The number of rotatable bonds is 4. The monoisotopic (exact) mass is 440 g/mol. The summed E-state index contributed by atoms with van der Waals surface area (Å²) in [7, 11) is 0. The summed E-state index contributed by atoms with van der Waals surface area (Å²) in [5, 5.41) is 10.6. The summed E-state index contributed by atoms with van der Waals surface area (Å²) in [5.74, 6) is 0.781. The van der Waals surface area contributed by atoms with E-state index in [1.165, 1.54) is 17.8 Å². The molecular formula is C21H24N6OS2. The van der Waals surface area contributed by atoms with Crippen molar-refractivity contribution in [2.75, 3.05) is 18.4 Å². The fraction of sp³-hybridized carbons (Fsp3) is 0.429. The summed E-state index contributed by atoms with van der Waals surface area (Å²) in [5.41, 5.74) is 2.59. The summed E-state index contributed by atoms with van der Waals surface area (Å²) in [6.07, 6.45) is 5.03. The van der Waals surface area contributed by atoms with Gasteiger partial charge in [-0.3, -0.25) is 4.79 Å². The van der Waals surface area contributed by atoms with Gasteiger partial charge in [0.25, 0.3) is 5.91 Å². The van der Waals surface area contributed by atoms with Crippen molar-refractivity contribution in [3.05, 3.63) is 40.0 Å². The van der Waals surface area contributed by atoms with Crippen LogP contribution in [0.15, 0.2) is 23.7 Å². The standard InChI is InChI=1S/C21H24N6OS2/c1-12-19(30-13(2)24-12)17-11-29-21(25-17)26-18-7-6-14(8-23-18)20(28)27-15-4-3-5-16(27)10-22-9-15/h6-8,11,15-16,22H,3-5,9-10H2,1-2H3,(H,23,25,26)/t15-,16+. The molecule has 2 atom stereocenters. The zero-order valence-corrected chi connectivity index (χ0v) is 18.6. The van der Waals surface area contributed by atoms with Crippen molar-refractivity contribution in [3.63, 3.8) is 0 Å². The van der Waals surface area contributed by atoms with E-state index in [1.807, 2.05) is 31.4 Å². The lowest BCUT2D eigenvalue weighted by Gasteiger charge is -2.46. The Labute approximate surface area is 183 Å². The van der Waals surface area contributed by atoms with Gasteiger partial charge in [-0.15, -0.1) is 22.7 Å². The fourth-order valence-electron chi connectivity index (χ4n) is 4.37. The molecule has 2 aliphatic heterocycles. The molecule has 0 aromatic carbocycles. The lowest BCUT2D eigenvalue weighted by molar-refractivity contribution is 0.0342. The molecule has 9 heteroatoms. The molecule has 5 heterocycles. The Morgan fingerprint density at radius 3 is 2.67 bits per heavy atom. The van der Waals surface area contributed by atoms with Gasteiger partial charge in [0.15, 0.2) is 5.13 Å². The van der Waals surface area contributed by atoms with E-state index in [1.54, 1.807) is 17.5 Å². The number of aromatic nitrogens is 3. The largest absolute Gasteiger partial charge is 0.330 e. The molecule has 0 spiro atoms. The first-order chi connectivity index (χ1) is 14.6. The topological polar surface area (TPSA) is 83.0 Å². The van der Waals surface area contributed by atoms with Crippen molar-refractivity contribution in [1.29, 1.82) is 0 Å². The highest BCUT2D eigenvalue weighted by Crippen LogP contribution is 2.33. The molecule has 2 N–H and O–H groups in total. The van der Waals surface area contributed by atoms with Crippen molar-refractivity contribution >= 4 is 39.5 Å². The zero-order chi connectivity index (χ0) is 20.7. The number of piperidine rings is 1. The van der Waals surface area contributed by atoms with E-state index in [4.69, 9.17) is 0 Å². The van der Waals surface area contributed by atoms with Gasteiger partial charge in [0.05, 0.1) is 26.8 Å². The van der Waals surface area contributed by atoms with Crippen LogP contribution in [0.5, 0.6) is 0 Å². The van der Waals surface area contributed by atoms with Crippen molar-refractivity contribution in [2.45, 2.75) is 45.2 Å². The molecule has 5 rings (SSSR count). The third kappa shape index (κ3) is 3.73. The number of hydrogen-bond donors (Lipinski definition) is 2. The van der Waals surface area contributed by atoms with Crippen molar-refractivity contribution in [3.8, 4) is 10.6 Å². The molecule has 3 aromatic rings. The molecule has 0 aliphatic carbocycles. The molecule has 0 radical (unpaired) electrons. The molecule has 3 aromatic heterocycles. The van der Waals surface area contributed by atoms with Gasteiger partial charge in [0, 0.05) is 36.8 Å². The third-order valence-corrected chi connectivity index (χ3v) is 7.59. The summed E-state index contributed by atoms with van der Waals surface area (Å²) in [4.78, 5) is 29.9. The third-order valence-electron chi connectivity index (χ3n) is 5.74. The lowest BCUT2D eigenvalue weighted by atomic mass is 9.91. The van der Waals surface area contributed by atoms with Gasteiger partial charge in [0.2, 0.25) is 0 Å². The minimum Gasteiger partial charge on any atom is -0.330 e. The Morgan fingerprint density at radius 1 is 1.20 bits per heavy atom. The molecule has 2 bridgehead atoms. The molecule has 30 heavy (non-hydrogen) atoms. The second-order valence-electron chi connectivity index (χ2n) is 7.85. The van der Waals surface area contributed by atoms with Crippen LogP contribution in [0, 0.1) is 13.8 Å². The molecule has 0 unspecified atom stereocenters. The number of carbonyl (C=O) groups is 1. The number of amides is 1. The normalized spacial score (nSPS) is 20.9. The predicted molar refractivity (Wildman–Crippen MR) is 121 cm³/mol. The SMILES string of the molecule is Cc1nc(C)c(-c2csc(Nc3ccc(C(=O)N4[C@@H]5CCC[C@H]4CNC5)cn3)n2)s1. The van der Waals surface area contributed by atoms with Crippen LogP contribution < -0.4 is 10.6 Å². The maximum atomic E-state index is 13.1. The Kier molecular flexibility index (Phi) is 5.26. The van der Waals surface area contributed by atoms with E-state index < -0.39 is 0 Å². The second-order valence-corrected chi connectivity index (χ2v) is 9.91. The number of nitrogens with zero attached hydrogens (tertiary/aromatic N) is 4. The van der Waals surface area contributed by atoms with E-state index in [9.17, 15) is 4.79 Å². The average molecular weight is 441 g/mol. The van der Waals surface area contributed by atoms with Gasteiger partial charge < -0.3 is 15.5 Å². The number of aryl methyl sites for hydroxylation is 2. The van der Waals surface area contributed by atoms with Crippen LogP contribution in [-0.2, 0) is 0 Å². The molecule has 2 aliphatic rings. The van der Waals surface area contributed by atoms with Gasteiger partial charge in [-0.05, 0) is 45.2 Å². The molecule has 0 saturated carbocycles. The lowest BCUT2D eigenvalue weighted by Crippen LogP contribution is -2.61. The van der Waals surface area contributed by atoms with E-state index >= 15 is 0 Å². The van der Waals surface area contributed by atoms with Crippen molar-refractivity contribution in [1.82, 2.24) is 25.2 Å². The van der Waals surface area contributed by atoms with Crippen LogP contribution in [-0.4, -0.2) is 50.9 Å². The quantitative estimate of drug-likeness (QED) is 0.638. The summed E-state index contributed by atoms with van der Waals surface area (Å²) in [6, 6.07) is 4.32. The molecule has 1 amide bonds. The number of fused-ring (bicyclic) bond motifs is 2. The van der Waals surface area contributed by atoms with Crippen molar-refractivity contribution < 1.29 is 4.79 Å². The van der Waals surface area contributed by atoms with Crippen molar-refractivity contribution in [2.24, 2.45) is 0 Å². The molecular weight excluding hydrogens is 416 g/mol. The predicted octanol–water partition coefficient (Wildman–Crippen LogP) is 3.99. The minimum absolute atomic E-state index is 0.0952. The van der Waals surface area contributed by atoms with E-state index in [-0.39, 0.29) is 5.91 Å². The van der Waals surface area contributed by atoms with Gasteiger partial charge in [-0.25, -0.2) is 15.0 Å². The first kappa shape index (κ1) is 19.6. The highest BCUT2D eigenvalue weighted by atomic mass is 32.1. The molecule has 2 fully saturated rings. The van der Waals surface area contributed by atoms with E-state index in [2.05, 4.69) is 30.5 Å². The number of carbonyl (C=O) groups excluding carboxylic acids is 1. The Balaban J connectivity index is 1.29. The second kappa shape index (κ2) is 8.05. The van der Waals surface area contributed by atoms with Gasteiger partial charge in [0.1, 0.15) is 5.82 Å². The molecule has 7 nitrogen and oxygen atoms in total. The summed E-state index contributed by atoms with van der Waals surface area (Å²) in [6.45, 7) is 5.79. The zero-order valence-electron chi connectivity index (χ0n) is 17.0. The van der Waals surface area contributed by atoms with E-state index in [0.717, 1.165) is 52.3 Å². The number of pyridine rings is 1. The number of piperazine rings is 1. The molecule has 156 valence electrons. The average Bonchev–Trinajstić information content (AvgIpc) is 3.33. The summed E-state index contributed by atoms with van der Waals surface area (Å²) >= 11 is 3.19. The first-order valence-corrected chi connectivity index (χ1v) is 11.9. The number of hydrogen-bond acceptors (Lipinski definition) is 8. The van der Waals surface area contributed by atoms with Gasteiger partial charge in [-0.1, -0.05) is 0 Å². The highest BCUT2D eigenvalue weighted by molar-refractivity contribution is 7.16. The number of anilines is 2.